The number of benzene rings is 1. The molecule has 6 heteroatoms. The maximum Gasteiger partial charge on any atom is 0.256 e. The van der Waals surface area contributed by atoms with Crippen LogP contribution in [0.25, 0.3) is 0 Å². The number of likely N-dealkylation sites (tertiary alicyclic amines) is 1. The molecule has 142 valence electrons. The Morgan fingerprint density at radius 3 is 2.81 bits per heavy atom. The van der Waals surface area contributed by atoms with Gasteiger partial charge in [0.25, 0.3) is 5.91 Å². The lowest BCUT2D eigenvalue weighted by Crippen LogP contribution is -2.33. The van der Waals surface area contributed by atoms with Crippen molar-refractivity contribution in [2.75, 3.05) is 31.1 Å². The van der Waals surface area contributed by atoms with E-state index in [-0.39, 0.29) is 23.5 Å². The van der Waals surface area contributed by atoms with Gasteiger partial charge in [0.1, 0.15) is 5.82 Å². The lowest BCUT2D eigenvalue weighted by molar-refractivity contribution is -0.117. The van der Waals surface area contributed by atoms with Crippen LogP contribution in [0, 0.1) is 5.82 Å². The number of carbonyl (C=O) groups excluding carboxylic acids is 2. The molecule has 1 atom stereocenters. The fourth-order valence-corrected chi connectivity index (χ4v) is 3.66. The molecule has 3 rings (SSSR count). The first-order chi connectivity index (χ1) is 12.6. The minimum Gasteiger partial charge on any atom is -0.378 e. The molecule has 2 aliphatic rings. The minimum absolute atomic E-state index is 0.0284. The fraction of sp³-hybridized carbons (Fsp3) is 0.600. The van der Waals surface area contributed by atoms with Crippen LogP contribution < -0.4 is 4.90 Å². The van der Waals surface area contributed by atoms with E-state index in [0.29, 0.717) is 31.7 Å². The SMILES string of the molecule is CCCO[C@H]1CCCN(C(=O)c2cc(N3CCCC3=O)ccc2F)CC1. The monoisotopic (exact) mass is 362 g/mol. The predicted octanol–water partition coefficient (Wildman–Crippen LogP) is 3.37. The van der Waals surface area contributed by atoms with E-state index in [9.17, 15) is 14.0 Å². The summed E-state index contributed by atoms with van der Waals surface area (Å²) in [5.41, 5.74) is 0.659. The van der Waals surface area contributed by atoms with Crippen molar-refractivity contribution in [3.05, 3.63) is 29.6 Å². The predicted molar refractivity (Wildman–Crippen MR) is 97.8 cm³/mol. The van der Waals surface area contributed by atoms with E-state index in [4.69, 9.17) is 4.74 Å². The number of hydrogen-bond acceptors (Lipinski definition) is 3. The summed E-state index contributed by atoms with van der Waals surface area (Å²) in [4.78, 5) is 28.2. The Labute approximate surface area is 154 Å². The Bertz CT molecular complexity index is 664. The summed E-state index contributed by atoms with van der Waals surface area (Å²) in [5, 5.41) is 0. The van der Waals surface area contributed by atoms with Crippen molar-refractivity contribution in [2.45, 2.75) is 51.6 Å². The first-order valence-electron chi connectivity index (χ1n) is 9.61. The van der Waals surface area contributed by atoms with Gasteiger partial charge >= 0.3 is 0 Å². The van der Waals surface area contributed by atoms with Crippen LogP contribution in [0.4, 0.5) is 10.1 Å². The largest absolute Gasteiger partial charge is 0.378 e. The molecule has 1 aromatic carbocycles. The van der Waals surface area contributed by atoms with Crippen molar-refractivity contribution < 1.29 is 18.7 Å². The number of hydrogen-bond donors (Lipinski definition) is 0. The van der Waals surface area contributed by atoms with Gasteiger partial charge in [0.2, 0.25) is 5.91 Å². The molecule has 5 nitrogen and oxygen atoms in total. The number of ether oxygens (including phenoxy) is 1. The Kier molecular flexibility index (Phi) is 6.25. The molecule has 0 aliphatic carbocycles. The third-order valence-corrected chi connectivity index (χ3v) is 5.09. The lowest BCUT2D eigenvalue weighted by atomic mass is 10.1. The molecular weight excluding hydrogens is 335 g/mol. The molecule has 2 heterocycles. The summed E-state index contributed by atoms with van der Waals surface area (Å²) in [6, 6.07) is 4.39. The highest BCUT2D eigenvalue weighted by Gasteiger charge is 2.26. The molecule has 0 spiro atoms. The molecule has 0 saturated carbocycles. The van der Waals surface area contributed by atoms with Gasteiger partial charge in [-0.3, -0.25) is 9.59 Å². The molecular formula is C20H27FN2O3. The summed E-state index contributed by atoms with van der Waals surface area (Å²) in [7, 11) is 0. The van der Waals surface area contributed by atoms with Gasteiger partial charge < -0.3 is 14.5 Å². The normalized spacial score (nSPS) is 21.2. The van der Waals surface area contributed by atoms with Gasteiger partial charge in [-0.2, -0.15) is 0 Å². The summed E-state index contributed by atoms with van der Waals surface area (Å²) in [6.45, 7) is 4.61. The summed E-state index contributed by atoms with van der Waals surface area (Å²) >= 11 is 0. The molecule has 0 radical (unpaired) electrons. The maximum atomic E-state index is 14.3. The first-order valence-corrected chi connectivity index (χ1v) is 9.61. The van der Waals surface area contributed by atoms with Crippen LogP contribution in [0.3, 0.4) is 0 Å². The molecule has 0 unspecified atom stereocenters. The standard InChI is InChI=1S/C20H27FN2O3/c1-2-13-26-16-5-3-10-22(12-9-16)20(25)17-14-15(7-8-18(17)21)23-11-4-6-19(23)24/h7-8,14,16H,2-6,9-13H2,1H3/t16-/m0/s1. The van der Waals surface area contributed by atoms with Crippen molar-refractivity contribution in [1.29, 1.82) is 0 Å². The van der Waals surface area contributed by atoms with E-state index in [1.54, 1.807) is 15.9 Å². The average Bonchev–Trinajstić information content (AvgIpc) is 2.93. The van der Waals surface area contributed by atoms with Crippen molar-refractivity contribution in [1.82, 2.24) is 4.90 Å². The number of anilines is 1. The van der Waals surface area contributed by atoms with E-state index < -0.39 is 5.82 Å². The highest BCUT2D eigenvalue weighted by atomic mass is 19.1. The number of nitrogens with zero attached hydrogens (tertiary/aromatic N) is 2. The zero-order valence-electron chi connectivity index (χ0n) is 15.4. The number of rotatable bonds is 5. The van der Waals surface area contributed by atoms with E-state index in [1.165, 1.54) is 12.1 Å². The summed E-state index contributed by atoms with van der Waals surface area (Å²) < 4.78 is 20.1. The van der Waals surface area contributed by atoms with Crippen LogP contribution in [0.5, 0.6) is 0 Å². The van der Waals surface area contributed by atoms with Crippen LogP contribution in [-0.2, 0) is 9.53 Å². The van der Waals surface area contributed by atoms with Crippen molar-refractivity contribution in [2.24, 2.45) is 0 Å². The Balaban J connectivity index is 1.71. The quantitative estimate of drug-likeness (QED) is 0.807. The van der Waals surface area contributed by atoms with Crippen LogP contribution in [0.2, 0.25) is 0 Å². The van der Waals surface area contributed by atoms with Crippen molar-refractivity contribution in [3.8, 4) is 0 Å². The molecule has 2 saturated heterocycles. The van der Waals surface area contributed by atoms with Crippen LogP contribution >= 0.6 is 0 Å². The summed E-state index contributed by atoms with van der Waals surface area (Å²) in [6.07, 6.45) is 5.01. The zero-order chi connectivity index (χ0) is 18.5. The van der Waals surface area contributed by atoms with E-state index in [2.05, 4.69) is 6.92 Å². The second kappa shape index (κ2) is 8.62. The van der Waals surface area contributed by atoms with Crippen molar-refractivity contribution in [3.63, 3.8) is 0 Å². The Hall–Kier alpha value is -1.95. The third kappa shape index (κ3) is 4.23. The van der Waals surface area contributed by atoms with Gasteiger partial charge in [0.05, 0.1) is 11.7 Å². The van der Waals surface area contributed by atoms with Gasteiger partial charge in [-0.15, -0.1) is 0 Å². The van der Waals surface area contributed by atoms with Gasteiger partial charge in [0.15, 0.2) is 0 Å². The highest BCUT2D eigenvalue weighted by Crippen LogP contribution is 2.25. The first kappa shape index (κ1) is 18.8. The lowest BCUT2D eigenvalue weighted by Gasteiger charge is -2.22. The third-order valence-electron chi connectivity index (χ3n) is 5.09. The zero-order valence-corrected chi connectivity index (χ0v) is 15.4. The molecule has 0 bridgehead atoms. The Morgan fingerprint density at radius 1 is 1.23 bits per heavy atom. The van der Waals surface area contributed by atoms with E-state index in [0.717, 1.165) is 38.7 Å². The fourth-order valence-electron chi connectivity index (χ4n) is 3.66. The van der Waals surface area contributed by atoms with Gasteiger partial charge in [-0.05, 0) is 50.3 Å². The molecule has 2 amide bonds. The molecule has 0 N–H and O–H groups in total. The molecule has 26 heavy (non-hydrogen) atoms. The number of carbonyl (C=O) groups is 2. The second-order valence-corrected chi connectivity index (χ2v) is 7.03. The molecule has 1 aromatic rings. The molecule has 0 aromatic heterocycles. The second-order valence-electron chi connectivity index (χ2n) is 7.03. The topological polar surface area (TPSA) is 49.9 Å². The number of amides is 2. The van der Waals surface area contributed by atoms with Crippen LogP contribution in [0.15, 0.2) is 18.2 Å². The van der Waals surface area contributed by atoms with E-state index in [1.807, 2.05) is 0 Å². The molecule has 2 fully saturated rings. The number of halogens is 1. The smallest absolute Gasteiger partial charge is 0.256 e. The van der Waals surface area contributed by atoms with Gasteiger partial charge in [-0.1, -0.05) is 6.92 Å². The molecule has 2 aliphatic heterocycles. The maximum absolute atomic E-state index is 14.3. The Morgan fingerprint density at radius 2 is 2.08 bits per heavy atom. The van der Waals surface area contributed by atoms with E-state index >= 15 is 0 Å². The van der Waals surface area contributed by atoms with Gasteiger partial charge in [0, 0.05) is 38.3 Å². The van der Waals surface area contributed by atoms with Crippen LogP contribution in [-0.4, -0.2) is 49.1 Å². The highest BCUT2D eigenvalue weighted by molar-refractivity contribution is 5.99. The minimum atomic E-state index is -0.534. The van der Waals surface area contributed by atoms with Crippen molar-refractivity contribution >= 4 is 17.5 Å². The van der Waals surface area contributed by atoms with Gasteiger partial charge in [-0.25, -0.2) is 4.39 Å². The van der Waals surface area contributed by atoms with Crippen LogP contribution in [0.1, 0.15) is 55.8 Å². The average molecular weight is 362 g/mol. The summed E-state index contributed by atoms with van der Waals surface area (Å²) in [5.74, 6) is -0.804.